The fourth-order valence-electron chi connectivity index (χ4n) is 3.77. The van der Waals surface area contributed by atoms with Crippen molar-refractivity contribution in [2.24, 2.45) is 11.3 Å². The van der Waals surface area contributed by atoms with Crippen molar-refractivity contribution in [1.82, 2.24) is 10.2 Å². The summed E-state index contributed by atoms with van der Waals surface area (Å²) in [5, 5.41) is 5.76. The monoisotopic (exact) mass is 358 g/mol. The zero-order valence-corrected chi connectivity index (χ0v) is 15.5. The van der Waals surface area contributed by atoms with Gasteiger partial charge in [0.25, 0.3) is 0 Å². The lowest BCUT2D eigenvalue weighted by atomic mass is 9.68. The number of hydrogen-bond donors (Lipinski definition) is 1. The average molecular weight is 359 g/mol. The smallest absolute Gasteiger partial charge is 0.0325 e. The number of nitrogens with one attached hydrogen (secondary N) is 1. The van der Waals surface area contributed by atoms with Crippen molar-refractivity contribution in [2.75, 3.05) is 20.6 Å². The summed E-state index contributed by atoms with van der Waals surface area (Å²) < 4.78 is 1.21. The molecule has 20 heavy (non-hydrogen) atoms. The molecule has 0 aromatic carbocycles. The zero-order valence-electron chi connectivity index (χ0n) is 13.1. The Morgan fingerprint density at radius 3 is 2.85 bits per heavy atom. The number of hydrogen-bond acceptors (Lipinski definition) is 3. The first-order valence-corrected chi connectivity index (χ1v) is 9.18. The largest absolute Gasteiger partial charge is 0.316 e. The summed E-state index contributed by atoms with van der Waals surface area (Å²) in [5.41, 5.74) is 0.421. The van der Waals surface area contributed by atoms with E-state index in [0.29, 0.717) is 11.5 Å². The maximum atomic E-state index is 3.59. The molecule has 1 aliphatic rings. The third-order valence-electron chi connectivity index (χ3n) is 4.61. The summed E-state index contributed by atoms with van der Waals surface area (Å²) in [5.74, 6) is 0.761. The van der Waals surface area contributed by atoms with Crippen LogP contribution >= 0.6 is 27.3 Å². The molecule has 2 atom stereocenters. The maximum absolute atomic E-state index is 3.59. The Morgan fingerprint density at radius 1 is 1.50 bits per heavy atom. The molecule has 4 heteroatoms. The van der Waals surface area contributed by atoms with Crippen LogP contribution in [-0.2, 0) is 6.54 Å². The normalized spacial score (nSPS) is 26.1. The molecule has 2 unspecified atom stereocenters. The Morgan fingerprint density at radius 2 is 2.25 bits per heavy atom. The summed E-state index contributed by atoms with van der Waals surface area (Å²) in [6.07, 6.45) is 4.07. The minimum Gasteiger partial charge on any atom is -0.316 e. The molecule has 0 saturated heterocycles. The Kier molecular flexibility index (Phi) is 5.69. The number of halogens is 1. The van der Waals surface area contributed by atoms with E-state index in [9.17, 15) is 0 Å². The van der Waals surface area contributed by atoms with E-state index in [0.717, 1.165) is 12.5 Å². The van der Waals surface area contributed by atoms with E-state index >= 15 is 0 Å². The molecular formula is C16H27BrN2S. The van der Waals surface area contributed by atoms with E-state index < -0.39 is 0 Å². The van der Waals surface area contributed by atoms with Crippen LogP contribution in [0.3, 0.4) is 0 Å². The van der Waals surface area contributed by atoms with Gasteiger partial charge >= 0.3 is 0 Å². The van der Waals surface area contributed by atoms with Gasteiger partial charge < -0.3 is 10.2 Å². The molecule has 1 fully saturated rings. The lowest BCUT2D eigenvalue weighted by Gasteiger charge is -2.45. The summed E-state index contributed by atoms with van der Waals surface area (Å²) in [6.45, 7) is 7.07. The molecule has 2 rings (SSSR count). The molecule has 1 aliphatic carbocycles. The van der Waals surface area contributed by atoms with Gasteiger partial charge in [0, 0.05) is 33.9 Å². The second-order valence-corrected chi connectivity index (χ2v) is 8.75. The fraction of sp³-hybridized carbons (Fsp3) is 0.750. The Bertz CT molecular complexity index is 430. The van der Waals surface area contributed by atoms with Gasteiger partial charge in [-0.25, -0.2) is 0 Å². The molecule has 1 aromatic heterocycles. The molecule has 0 spiro atoms. The first kappa shape index (κ1) is 16.5. The van der Waals surface area contributed by atoms with Gasteiger partial charge in [-0.3, -0.25) is 0 Å². The van der Waals surface area contributed by atoms with Gasteiger partial charge in [-0.2, -0.15) is 0 Å². The van der Waals surface area contributed by atoms with Crippen molar-refractivity contribution in [3.05, 3.63) is 20.8 Å². The lowest BCUT2D eigenvalue weighted by Crippen LogP contribution is -2.51. The molecule has 114 valence electrons. The van der Waals surface area contributed by atoms with Crippen LogP contribution in [0.2, 0.25) is 0 Å². The Labute approximate surface area is 136 Å². The van der Waals surface area contributed by atoms with Crippen LogP contribution in [0.1, 0.15) is 38.0 Å². The third-order valence-corrected chi connectivity index (χ3v) is 6.30. The molecule has 0 aliphatic heterocycles. The van der Waals surface area contributed by atoms with Crippen LogP contribution in [-0.4, -0.2) is 31.6 Å². The van der Waals surface area contributed by atoms with E-state index in [1.165, 1.54) is 35.2 Å². The van der Waals surface area contributed by atoms with Gasteiger partial charge in [0.05, 0.1) is 0 Å². The van der Waals surface area contributed by atoms with E-state index in [1.807, 2.05) is 11.3 Å². The van der Waals surface area contributed by atoms with E-state index in [2.05, 4.69) is 65.5 Å². The lowest BCUT2D eigenvalue weighted by molar-refractivity contribution is 0.0891. The van der Waals surface area contributed by atoms with Gasteiger partial charge in [-0.15, -0.1) is 11.3 Å². The number of rotatable bonds is 5. The number of nitrogens with zero attached hydrogens (tertiary/aromatic N) is 1. The molecule has 0 bridgehead atoms. The second-order valence-electron chi connectivity index (χ2n) is 6.84. The average Bonchev–Trinajstić information content (AvgIpc) is 2.73. The van der Waals surface area contributed by atoms with Crippen LogP contribution in [0, 0.1) is 11.3 Å². The van der Waals surface area contributed by atoms with Crippen LogP contribution in [0.4, 0.5) is 0 Å². The molecule has 0 amide bonds. The van der Waals surface area contributed by atoms with Crippen molar-refractivity contribution < 1.29 is 0 Å². The topological polar surface area (TPSA) is 15.3 Å². The minimum atomic E-state index is 0.421. The predicted molar refractivity (Wildman–Crippen MR) is 92.3 cm³/mol. The highest BCUT2D eigenvalue weighted by Crippen LogP contribution is 2.39. The van der Waals surface area contributed by atoms with Crippen molar-refractivity contribution >= 4 is 27.3 Å². The highest BCUT2D eigenvalue weighted by atomic mass is 79.9. The summed E-state index contributed by atoms with van der Waals surface area (Å²) in [4.78, 5) is 3.92. The van der Waals surface area contributed by atoms with Crippen LogP contribution in [0.5, 0.6) is 0 Å². The quantitative estimate of drug-likeness (QED) is 0.841. The fourth-order valence-corrected chi connectivity index (χ4v) is 5.30. The van der Waals surface area contributed by atoms with E-state index in [4.69, 9.17) is 0 Å². The Hall–Kier alpha value is 0.1000. The van der Waals surface area contributed by atoms with E-state index in [-0.39, 0.29) is 0 Å². The third kappa shape index (κ3) is 4.06. The highest BCUT2D eigenvalue weighted by Gasteiger charge is 2.38. The molecule has 0 radical (unpaired) electrons. The summed E-state index contributed by atoms with van der Waals surface area (Å²) in [6, 6.07) is 2.87. The van der Waals surface area contributed by atoms with E-state index in [1.54, 1.807) is 0 Å². The van der Waals surface area contributed by atoms with Gasteiger partial charge in [-0.1, -0.05) is 20.3 Å². The van der Waals surface area contributed by atoms with Crippen LogP contribution in [0.15, 0.2) is 15.9 Å². The molecule has 2 nitrogen and oxygen atoms in total. The molecular weight excluding hydrogens is 332 g/mol. The summed E-state index contributed by atoms with van der Waals surface area (Å²) >= 11 is 5.38. The predicted octanol–water partition coefficient (Wildman–Crippen LogP) is 4.36. The molecule has 1 N–H and O–H groups in total. The summed E-state index contributed by atoms with van der Waals surface area (Å²) in [7, 11) is 4.38. The second kappa shape index (κ2) is 6.91. The molecule has 1 heterocycles. The van der Waals surface area contributed by atoms with Crippen molar-refractivity contribution in [2.45, 2.75) is 45.7 Å². The van der Waals surface area contributed by atoms with Crippen LogP contribution < -0.4 is 5.32 Å². The van der Waals surface area contributed by atoms with Gasteiger partial charge in [-0.05, 0) is 60.3 Å². The SMILES string of the molecule is CNC1C(CN(C)Cc2cc(Br)cs2)CCCC1(C)C. The van der Waals surface area contributed by atoms with Crippen molar-refractivity contribution in [3.63, 3.8) is 0 Å². The standard InChI is InChI=1S/C16H27BrN2S/c1-16(2)7-5-6-12(15(16)18-3)9-19(4)10-14-8-13(17)11-20-14/h8,11-12,15,18H,5-7,9-10H2,1-4H3. The number of thiophene rings is 1. The van der Waals surface area contributed by atoms with Crippen molar-refractivity contribution in [1.29, 1.82) is 0 Å². The first-order chi connectivity index (χ1) is 9.42. The minimum absolute atomic E-state index is 0.421. The van der Waals surface area contributed by atoms with Gasteiger partial charge in [0.1, 0.15) is 0 Å². The maximum Gasteiger partial charge on any atom is 0.0325 e. The van der Waals surface area contributed by atoms with Gasteiger partial charge in [0.15, 0.2) is 0 Å². The Balaban J connectivity index is 1.93. The van der Waals surface area contributed by atoms with Gasteiger partial charge in [0.2, 0.25) is 0 Å². The van der Waals surface area contributed by atoms with Crippen molar-refractivity contribution in [3.8, 4) is 0 Å². The highest BCUT2D eigenvalue weighted by molar-refractivity contribution is 9.10. The first-order valence-electron chi connectivity index (χ1n) is 7.51. The van der Waals surface area contributed by atoms with Crippen LogP contribution in [0.25, 0.3) is 0 Å². The zero-order chi connectivity index (χ0) is 14.8. The molecule has 1 saturated carbocycles. The molecule has 1 aromatic rings.